The Morgan fingerprint density at radius 1 is 1.20 bits per heavy atom. The van der Waals surface area contributed by atoms with Crippen LogP contribution in [0.2, 0.25) is 0 Å². The first kappa shape index (κ1) is 14.4. The summed E-state index contributed by atoms with van der Waals surface area (Å²) in [5, 5.41) is 0. The lowest BCUT2D eigenvalue weighted by Crippen LogP contribution is -2.63. The molecule has 2 atom stereocenters. The molecular weight excluding hydrogens is 314 g/mol. The molecule has 0 radical (unpaired) electrons. The number of halogens is 1. The summed E-state index contributed by atoms with van der Waals surface area (Å²) >= 11 is 3.51. The molecule has 110 valence electrons. The highest BCUT2D eigenvalue weighted by Crippen LogP contribution is 2.51. The minimum absolute atomic E-state index is 0.246. The van der Waals surface area contributed by atoms with E-state index in [0.29, 0.717) is 12.1 Å². The zero-order valence-electron chi connectivity index (χ0n) is 12.2. The first-order valence-corrected chi connectivity index (χ1v) is 8.59. The fourth-order valence-corrected chi connectivity index (χ4v) is 4.40. The van der Waals surface area contributed by atoms with Crippen molar-refractivity contribution < 1.29 is 4.74 Å². The van der Waals surface area contributed by atoms with Crippen LogP contribution in [0.25, 0.3) is 0 Å². The summed E-state index contributed by atoms with van der Waals surface area (Å²) in [4.78, 5) is 0. The maximum absolute atomic E-state index is 6.38. The topological polar surface area (TPSA) is 35.2 Å². The number of nitrogens with two attached hydrogens (primary N) is 1. The standard InChI is InChI=1S/C17H24BrNO/c1-12-10-13(18)6-7-14(12)20-16-11-15(19)17(16)8-4-2-3-5-9-17/h6-7,10,15-16H,2-5,8-9,11,19H2,1H3. The summed E-state index contributed by atoms with van der Waals surface area (Å²) in [5.41, 5.74) is 7.82. The van der Waals surface area contributed by atoms with E-state index in [1.807, 2.05) is 0 Å². The third-order valence-electron chi connectivity index (χ3n) is 5.29. The van der Waals surface area contributed by atoms with Crippen LogP contribution in [0.15, 0.2) is 22.7 Å². The molecule has 20 heavy (non-hydrogen) atoms. The van der Waals surface area contributed by atoms with Crippen molar-refractivity contribution in [3.05, 3.63) is 28.2 Å². The van der Waals surface area contributed by atoms with Crippen LogP contribution in [0, 0.1) is 12.3 Å². The van der Waals surface area contributed by atoms with Gasteiger partial charge in [-0.25, -0.2) is 0 Å². The zero-order valence-corrected chi connectivity index (χ0v) is 13.8. The minimum Gasteiger partial charge on any atom is -0.489 e. The van der Waals surface area contributed by atoms with Gasteiger partial charge in [0.25, 0.3) is 0 Å². The monoisotopic (exact) mass is 337 g/mol. The Morgan fingerprint density at radius 3 is 2.50 bits per heavy atom. The second-order valence-electron chi connectivity index (χ2n) is 6.51. The average molecular weight is 338 g/mol. The van der Waals surface area contributed by atoms with E-state index in [2.05, 4.69) is 41.1 Å². The second-order valence-corrected chi connectivity index (χ2v) is 7.42. The van der Waals surface area contributed by atoms with Gasteiger partial charge in [-0.05, 0) is 43.5 Å². The third kappa shape index (κ3) is 2.50. The molecule has 2 nitrogen and oxygen atoms in total. The van der Waals surface area contributed by atoms with Crippen molar-refractivity contribution in [3.8, 4) is 5.75 Å². The average Bonchev–Trinajstić information content (AvgIpc) is 2.69. The zero-order chi connectivity index (χ0) is 14.2. The number of hydrogen-bond acceptors (Lipinski definition) is 2. The van der Waals surface area contributed by atoms with Crippen LogP contribution >= 0.6 is 15.9 Å². The molecule has 1 aromatic rings. The van der Waals surface area contributed by atoms with Gasteiger partial charge in [-0.2, -0.15) is 0 Å². The molecule has 2 N–H and O–H groups in total. The molecular formula is C17H24BrNO. The molecule has 1 aromatic carbocycles. The fraction of sp³-hybridized carbons (Fsp3) is 0.647. The maximum Gasteiger partial charge on any atom is 0.122 e. The summed E-state index contributed by atoms with van der Waals surface area (Å²) < 4.78 is 7.46. The van der Waals surface area contributed by atoms with Gasteiger partial charge in [0, 0.05) is 22.4 Å². The fourth-order valence-electron chi connectivity index (χ4n) is 3.92. The summed E-state index contributed by atoms with van der Waals surface area (Å²) in [6, 6.07) is 6.59. The molecule has 0 saturated heterocycles. The van der Waals surface area contributed by atoms with Gasteiger partial charge in [0.05, 0.1) is 0 Å². The Balaban J connectivity index is 1.76. The third-order valence-corrected chi connectivity index (χ3v) is 5.78. The highest BCUT2D eigenvalue weighted by molar-refractivity contribution is 9.10. The number of hydrogen-bond donors (Lipinski definition) is 1. The van der Waals surface area contributed by atoms with Gasteiger partial charge in [-0.1, -0.05) is 41.6 Å². The SMILES string of the molecule is Cc1cc(Br)ccc1OC1CC(N)C12CCCCCC2. The Labute approximate surface area is 130 Å². The van der Waals surface area contributed by atoms with Crippen LogP contribution in [0.5, 0.6) is 5.75 Å². The van der Waals surface area contributed by atoms with E-state index < -0.39 is 0 Å². The predicted molar refractivity (Wildman–Crippen MR) is 86.0 cm³/mol. The molecule has 0 aromatic heterocycles. The Hall–Kier alpha value is -0.540. The van der Waals surface area contributed by atoms with Gasteiger partial charge in [0.2, 0.25) is 0 Å². The molecule has 2 aliphatic rings. The summed E-state index contributed by atoms with van der Waals surface area (Å²) in [5.74, 6) is 1.02. The molecule has 0 amide bonds. The molecule has 0 bridgehead atoms. The molecule has 2 fully saturated rings. The van der Waals surface area contributed by atoms with E-state index in [4.69, 9.17) is 10.5 Å². The maximum atomic E-state index is 6.38. The lowest BCUT2D eigenvalue weighted by Gasteiger charge is -2.54. The van der Waals surface area contributed by atoms with Crippen molar-refractivity contribution in [3.63, 3.8) is 0 Å². The summed E-state index contributed by atoms with van der Waals surface area (Å²) in [6.07, 6.45) is 9.16. The van der Waals surface area contributed by atoms with E-state index in [0.717, 1.165) is 16.6 Å². The first-order valence-electron chi connectivity index (χ1n) is 7.80. The first-order chi connectivity index (χ1) is 9.62. The second kappa shape index (κ2) is 5.69. The Bertz CT molecular complexity index is 480. The lowest BCUT2D eigenvalue weighted by atomic mass is 9.58. The van der Waals surface area contributed by atoms with Gasteiger partial charge in [-0.3, -0.25) is 0 Å². The summed E-state index contributed by atoms with van der Waals surface area (Å²) in [6.45, 7) is 2.11. The van der Waals surface area contributed by atoms with Crippen LogP contribution in [-0.2, 0) is 0 Å². The number of rotatable bonds is 2. The van der Waals surface area contributed by atoms with Crippen molar-refractivity contribution in [1.82, 2.24) is 0 Å². The highest BCUT2D eigenvalue weighted by Gasteiger charge is 2.54. The quantitative estimate of drug-likeness (QED) is 0.857. The molecule has 2 unspecified atom stereocenters. The molecule has 3 heteroatoms. The number of ether oxygens (including phenoxy) is 1. The molecule has 1 spiro atoms. The molecule has 2 aliphatic carbocycles. The summed E-state index contributed by atoms with van der Waals surface area (Å²) in [7, 11) is 0. The molecule has 0 aliphatic heterocycles. The van der Waals surface area contributed by atoms with E-state index in [1.54, 1.807) is 0 Å². The van der Waals surface area contributed by atoms with Crippen LogP contribution in [0.3, 0.4) is 0 Å². The van der Waals surface area contributed by atoms with Crippen molar-refractivity contribution in [2.24, 2.45) is 11.1 Å². The van der Waals surface area contributed by atoms with Gasteiger partial charge in [0.15, 0.2) is 0 Å². The van der Waals surface area contributed by atoms with Crippen molar-refractivity contribution in [1.29, 1.82) is 0 Å². The van der Waals surface area contributed by atoms with E-state index in [-0.39, 0.29) is 5.41 Å². The van der Waals surface area contributed by atoms with Gasteiger partial charge in [-0.15, -0.1) is 0 Å². The number of aryl methyl sites for hydroxylation is 1. The Morgan fingerprint density at radius 2 is 1.90 bits per heavy atom. The van der Waals surface area contributed by atoms with Gasteiger partial charge in [0.1, 0.15) is 11.9 Å². The van der Waals surface area contributed by atoms with Crippen LogP contribution < -0.4 is 10.5 Å². The molecule has 0 heterocycles. The van der Waals surface area contributed by atoms with E-state index in [9.17, 15) is 0 Å². The van der Waals surface area contributed by atoms with Gasteiger partial charge < -0.3 is 10.5 Å². The largest absolute Gasteiger partial charge is 0.489 e. The highest BCUT2D eigenvalue weighted by atomic mass is 79.9. The lowest BCUT2D eigenvalue weighted by molar-refractivity contribution is -0.0773. The normalized spacial score (nSPS) is 28.8. The van der Waals surface area contributed by atoms with Crippen molar-refractivity contribution in [2.45, 2.75) is 64.0 Å². The van der Waals surface area contributed by atoms with Crippen molar-refractivity contribution in [2.75, 3.05) is 0 Å². The van der Waals surface area contributed by atoms with Crippen LogP contribution in [-0.4, -0.2) is 12.1 Å². The van der Waals surface area contributed by atoms with E-state index >= 15 is 0 Å². The van der Waals surface area contributed by atoms with Crippen molar-refractivity contribution >= 4 is 15.9 Å². The predicted octanol–water partition coefficient (Wildman–Crippen LogP) is 4.58. The smallest absolute Gasteiger partial charge is 0.122 e. The number of benzene rings is 1. The van der Waals surface area contributed by atoms with Crippen LogP contribution in [0.4, 0.5) is 0 Å². The van der Waals surface area contributed by atoms with Crippen LogP contribution in [0.1, 0.15) is 50.5 Å². The van der Waals surface area contributed by atoms with Gasteiger partial charge >= 0.3 is 0 Å². The molecule has 2 saturated carbocycles. The van der Waals surface area contributed by atoms with E-state index in [1.165, 1.54) is 44.1 Å². The molecule has 3 rings (SSSR count). The Kier molecular flexibility index (Phi) is 4.09. The minimum atomic E-state index is 0.246.